The molecule has 0 aromatic heterocycles. The number of amides is 2. The summed E-state index contributed by atoms with van der Waals surface area (Å²) in [7, 11) is 0. The summed E-state index contributed by atoms with van der Waals surface area (Å²) in [5, 5.41) is 11.4. The summed E-state index contributed by atoms with van der Waals surface area (Å²) in [6.45, 7) is 7.83. The Labute approximate surface area is 115 Å². The Balaban J connectivity index is 2.30. The smallest absolute Gasteiger partial charge is 0.317 e. The third-order valence-electron chi connectivity index (χ3n) is 3.95. The zero-order valence-electron chi connectivity index (χ0n) is 12.2. The zero-order chi connectivity index (χ0) is 14.4. The van der Waals surface area contributed by atoms with Crippen LogP contribution in [0.5, 0.6) is 0 Å². The van der Waals surface area contributed by atoms with Gasteiger partial charge in [0, 0.05) is 25.6 Å². The number of carbonyl (C=O) groups excluding carboxylic acids is 1. The van der Waals surface area contributed by atoms with Crippen molar-refractivity contribution in [1.82, 2.24) is 10.2 Å². The number of aliphatic carboxylic acids is 1. The molecule has 1 aliphatic rings. The average molecular weight is 270 g/mol. The Morgan fingerprint density at radius 3 is 2.58 bits per heavy atom. The SMILES string of the molecule is CC1CC(C)C(C)N(C(=O)NCCCCC(=O)O)C1. The molecular weight excluding hydrogens is 244 g/mol. The Morgan fingerprint density at radius 2 is 1.95 bits per heavy atom. The van der Waals surface area contributed by atoms with Crippen LogP contribution in [0.3, 0.4) is 0 Å². The molecule has 0 radical (unpaired) electrons. The number of rotatable bonds is 5. The quantitative estimate of drug-likeness (QED) is 0.753. The third-order valence-corrected chi connectivity index (χ3v) is 3.95. The van der Waals surface area contributed by atoms with Gasteiger partial charge in [-0.3, -0.25) is 4.79 Å². The lowest BCUT2D eigenvalue weighted by molar-refractivity contribution is -0.137. The largest absolute Gasteiger partial charge is 0.481 e. The minimum absolute atomic E-state index is 0.0128. The van der Waals surface area contributed by atoms with Gasteiger partial charge in [0.25, 0.3) is 0 Å². The number of hydrogen-bond acceptors (Lipinski definition) is 2. The second kappa shape index (κ2) is 7.36. The molecule has 0 saturated carbocycles. The number of piperidine rings is 1. The molecule has 0 aromatic rings. The molecule has 1 aliphatic heterocycles. The number of nitrogens with zero attached hydrogens (tertiary/aromatic N) is 1. The van der Waals surface area contributed by atoms with E-state index in [1.54, 1.807) is 0 Å². The van der Waals surface area contributed by atoms with Crippen molar-refractivity contribution in [2.45, 2.75) is 52.5 Å². The Hall–Kier alpha value is -1.26. The lowest BCUT2D eigenvalue weighted by atomic mass is 9.86. The van der Waals surface area contributed by atoms with Gasteiger partial charge in [0.05, 0.1) is 0 Å². The van der Waals surface area contributed by atoms with Gasteiger partial charge in [-0.15, -0.1) is 0 Å². The number of carboxylic acid groups (broad SMARTS) is 1. The Kier molecular flexibility index (Phi) is 6.12. The number of carboxylic acids is 1. The van der Waals surface area contributed by atoms with Crippen LogP contribution in [0.25, 0.3) is 0 Å². The maximum atomic E-state index is 12.1. The standard InChI is InChI=1S/C14H26N2O3/c1-10-8-11(2)12(3)16(9-10)14(19)15-7-5-4-6-13(17)18/h10-12H,4-9H2,1-3H3,(H,15,19)(H,17,18). The summed E-state index contributed by atoms with van der Waals surface area (Å²) >= 11 is 0. The third kappa shape index (κ3) is 5.09. The van der Waals surface area contributed by atoms with E-state index in [2.05, 4.69) is 26.1 Å². The highest BCUT2D eigenvalue weighted by Gasteiger charge is 2.31. The van der Waals surface area contributed by atoms with Crippen LogP contribution in [0.15, 0.2) is 0 Å². The summed E-state index contributed by atoms with van der Waals surface area (Å²) in [5.74, 6) is 0.295. The van der Waals surface area contributed by atoms with Gasteiger partial charge in [-0.05, 0) is 38.0 Å². The highest BCUT2D eigenvalue weighted by Crippen LogP contribution is 2.26. The maximum Gasteiger partial charge on any atom is 0.317 e. The molecule has 2 amide bonds. The second-order valence-electron chi connectivity index (χ2n) is 5.79. The molecule has 0 aliphatic carbocycles. The van der Waals surface area contributed by atoms with Gasteiger partial charge in [-0.25, -0.2) is 4.79 Å². The van der Waals surface area contributed by atoms with E-state index in [1.807, 2.05) is 4.90 Å². The molecule has 2 N–H and O–H groups in total. The van der Waals surface area contributed by atoms with Gasteiger partial charge in [-0.2, -0.15) is 0 Å². The minimum atomic E-state index is -0.779. The van der Waals surface area contributed by atoms with Gasteiger partial charge < -0.3 is 15.3 Å². The molecule has 1 heterocycles. The molecule has 5 heteroatoms. The first-order valence-electron chi connectivity index (χ1n) is 7.18. The molecule has 3 unspecified atom stereocenters. The van der Waals surface area contributed by atoms with Gasteiger partial charge in [0.15, 0.2) is 0 Å². The van der Waals surface area contributed by atoms with Gasteiger partial charge in [-0.1, -0.05) is 13.8 Å². The first kappa shape index (κ1) is 15.8. The molecule has 3 atom stereocenters. The normalized spacial score (nSPS) is 27.1. The second-order valence-corrected chi connectivity index (χ2v) is 5.79. The van der Waals surface area contributed by atoms with Gasteiger partial charge in [0.1, 0.15) is 0 Å². The summed E-state index contributed by atoms with van der Waals surface area (Å²) in [6.07, 6.45) is 2.66. The summed E-state index contributed by atoms with van der Waals surface area (Å²) in [5.41, 5.74) is 0. The van der Waals surface area contributed by atoms with Crippen molar-refractivity contribution in [2.75, 3.05) is 13.1 Å². The van der Waals surface area contributed by atoms with Crippen LogP contribution >= 0.6 is 0 Å². The first-order chi connectivity index (χ1) is 8.91. The molecule has 19 heavy (non-hydrogen) atoms. The van der Waals surface area contributed by atoms with E-state index in [9.17, 15) is 9.59 Å². The molecule has 0 bridgehead atoms. The predicted molar refractivity (Wildman–Crippen MR) is 74.0 cm³/mol. The van der Waals surface area contributed by atoms with Crippen molar-refractivity contribution < 1.29 is 14.7 Å². The molecular formula is C14H26N2O3. The summed E-state index contributed by atoms with van der Waals surface area (Å²) in [4.78, 5) is 24.4. The summed E-state index contributed by atoms with van der Waals surface area (Å²) in [6, 6.07) is 0.261. The average Bonchev–Trinajstić information content (AvgIpc) is 2.32. The van der Waals surface area contributed by atoms with Crippen molar-refractivity contribution in [3.8, 4) is 0 Å². The van der Waals surface area contributed by atoms with E-state index in [4.69, 9.17) is 5.11 Å². The summed E-state index contributed by atoms with van der Waals surface area (Å²) < 4.78 is 0. The molecule has 1 rings (SSSR count). The van der Waals surface area contributed by atoms with Crippen molar-refractivity contribution in [3.63, 3.8) is 0 Å². The first-order valence-corrected chi connectivity index (χ1v) is 7.18. The van der Waals surface area contributed by atoms with Crippen LogP contribution in [0, 0.1) is 11.8 Å². The van der Waals surface area contributed by atoms with Crippen LogP contribution in [0.4, 0.5) is 4.79 Å². The Bertz CT molecular complexity index is 320. The van der Waals surface area contributed by atoms with Crippen molar-refractivity contribution in [2.24, 2.45) is 11.8 Å². The van der Waals surface area contributed by atoms with E-state index in [0.29, 0.717) is 31.2 Å². The highest BCUT2D eigenvalue weighted by molar-refractivity contribution is 5.74. The van der Waals surface area contributed by atoms with Crippen molar-refractivity contribution in [1.29, 1.82) is 0 Å². The van der Waals surface area contributed by atoms with E-state index in [1.165, 1.54) is 6.42 Å². The Morgan fingerprint density at radius 1 is 1.26 bits per heavy atom. The monoisotopic (exact) mass is 270 g/mol. The molecule has 0 aromatic carbocycles. The van der Waals surface area contributed by atoms with Crippen LogP contribution < -0.4 is 5.32 Å². The lowest BCUT2D eigenvalue weighted by Gasteiger charge is -2.41. The maximum absolute atomic E-state index is 12.1. The van der Waals surface area contributed by atoms with Crippen LogP contribution in [0.1, 0.15) is 46.5 Å². The van der Waals surface area contributed by atoms with Crippen LogP contribution in [-0.4, -0.2) is 41.1 Å². The molecule has 5 nitrogen and oxygen atoms in total. The number of nitrogens with one attached hydrogen (secondary N) is 1. The molecule has 1 saturated heterocycles. The van der Waals surface area contributed by atoms with Gasteiger partial charge >= 0.3 is 12.0 Å². The van der Waals surface area contributed by atoms with Crippen LogP contribution in [0.2, 0.25) is 0 Å². The molecule has 0 spiro atoms. The molecule has 1 fully saturated rings. The zero-order valence-corrected chi connectivity index (χ0v) is 12.2. The minimum Gasteiger partial charge on any atom is -0.481 e. The number of unbranched alkanes of at least 4 members (excludes halogenated alkanes) is 1. The van der Waals surface area contributed by atoms with E-state index in [-0.39, 0.29) is 18.5 Å². The lowest BCUT2D eigenvalue weighted by Crippen LogP contribution is -2.52. The van der Waals surface area contributed by atoms with E-state index >= 15 is 0 Å². The number of likely N-dealkylation sites (tertiary alicyclic amines) is 1. The number of hydrogen-bond donors (Lipinski definition) is 2. The van der Waals surface area contributed by atoms with E-state index in [0.717, 1.165) is 6.54 Å². The fraction of sp³-hybridized carbons (Fsp3) is 0.857. The van der Waals surface area contributed by atoms with Crippen LogP contribution in [-0.2, 0) is 4.79 Å². The number of urea groups is 1. The molecule has 110 valence electrons. The van der Waals surface area contributed by atoms with Crippen molar-refractivity contribution in [3.05, 3.63) is 0 Å². The fourth-order valence-corrected chi connectivity index (χ4v) is 2.68. The predicted octanol–water partition coefficient (Wildman–Crippen LogP) is 2.32. The topological polar surface area (TPSA) is 69.6 Å². The fourth-order valence-electron chi connectivity index (χ4n) is 2.68. The van der Waals surface area contributed by atoms with Crippen molar-refractivity contribution >= 4 is 12.0 Å². The highest BCUT2D eigenvalue weighted by atomic mass is 16.4. The van der Waals surface area contributed by atoms with Gasteiger partial charge in [0.2, 0.25) is 0 Å². The van der Waals surface area contributed by atoms with E-state index < -0.39 is 5.97 Å². The number of carbonyl (C=O) groups is 2.